The maximum Gasteiger partial charge on any atom is 0.242 e. The zero-order valence-corrected chi connectivity index (χ0v) is 16.2. The number of sulfonamides is 1. The molecular weight excluding hydrogens is 386 g/mol. The molecule has 0 saturated heterocycles. The monoisotopic (exact) mass is 403 g/mol. The van der Waals surface area contributed by atoms with Gasteiger partial charge < -0.3 is 15.4 Å². The highest BCUT2D eigenvalue weighted by molar-refractivity contribution is 7.89. The Labute approximate surface area is 161 Å². The van der Waals surface area contributed by atoms with Crippen molar-refractivity contribution in [3.05, 3.63) is 48.5 Å². The van der Waals surface area contributed by atoms with Gasteiger partial charge in [0.15, 0.2) is 5.69 Å². The average molecular weight is 403 g/mol. The van der Waals surface area contributed by atoms with E-state index in [4.69, 9.17) is 12.2 Å². The van der Waals surface area contributed by atoms with E-state index in [1.54, 1.807) is 24.3 Å². The maximum atomic E-state index is 12.2. The summed E-state index contributed by atoms with van der Waals surface area (Å²) in [6.45, 7) is 0. The Bertz CT molecular complexity index is 1140. The standard InChI is InChI=1S/C17H17N5O3S2/c1-22(2)27(24,25)12-7-5-6-11(10-12)18-17(26)21-20-15-13-8-3-4-9-14(13)19-16(15)23/h3-10,19,23H,1-2H3,(H,18,26). The van der Waals surface area contributed by atoms with Crippen molar-refractivity contribution in [2.75, 3.05) is 19.4 Å². The Morgan fingerprint density at radius 2 is 1.93 bits per heavy atom. The molecule has 0 spiro atoms. The van der Waals surface area contributed by atoms with E-state index < -0.39 is 10.0 Å². The van der Waals surface area contributed by atoms with Crippen LogP contribution in [0.4, 0.5) is 11.4 Å². The number of aromatic amines is 1. The van der Waals surface area contributed by atoms with E-state index in [0.29, 0.717) is 11.1 Å². The Balaban J connectivity index is 1.80. The van der Waals surface area contributed by atoms with Gasteiger partial charge in [0, 0.05) is 25.2 Å². The van der Waals surface area contributed by atoms with Gasteiger partial charge in [-0.2, -0.15) is 0 Å². The van der Waals surface area contributed by atoms with Crippen LogP contribution in [0.15, 0.2) is 63.7 Å². The number of hydrogen-bond donors (Lipinski definition) is 3. The number of benzene rings is 2. The summed E-state index contributed by atoms with van der Waals surface area (Å²) in [6, 6.07) is 13.5. The summed E-state index contributed by atoms with van der Waals surface area (Å²) >= 11 is 5.14. The number of fused-ring (bicyclic) bond motifs is 1. The van der Waals surface area contributed by atoms with Crippen LogP contribution in [0.5, 0.6) is 5.88 Å². The number of nitrogens with zero attached hydrogens (tertiary/aromatic N) is 3. The molecule has 10 heteroatoms. The van der Waals surface area contributed by atoms with Gasteiger partial charge in [-0.3, -0.25) is 0 Å². The van der Waals surface area contributed by atoms with Crippen LogP contribution in [-0.2, 0) is 10.0 Å². The lowest BCUT2D eigenvalue weighted by Gasteiger charge is -2.12. The number of thiocarbonyl (C=S) groups is 1. The van der Waals surface area contributed by atoms with Gasteiger partial charge in [-0.1, -0.05) is 24.3 Å². The molecule has 1 aromatic heterocycles. The molecule has 0 aliphatic rings. The van der Waals surface area contributed by atoms with Crippen LogP contribution in [-0.4, -0.2) is 42.0 Å². The average Bonchev–Trinajstić information content (AvgIpc) is 2.95. The molecule has 0 saturated carbocycles. The molecule has 0 aliphatic carbocycles. The molecule has 0 unspecified atom stereocenters. The minimum atomic E-state index is -3.55. The lowest BCUT2D eigenvalue weighted by Crippen LogP contribution is -2.22. The predicted molar refractivity (Wildman–Crippen MR) is 108 cm³/mol. The quantitative estimate of drug-likeness (QED) is 0.455. The van der Waals surface area contributed by atoms with Gasteiger partial charge in [0.05, 0.1) is 10.4 Å². The largest absolute Gasteiger partial charge is 0.493 e. The number of hydrogen-bond acceptors (Lipinski definition) is 5. The molecule has 0 radical (unpaired) electrons. The molecule has 8 nitrogen and oxygen atoms in total. The lowest BCUT2D eigenvalue weighted by atomic mass is 10.2. The van der Waals surface area contributed by atoms with Crippen molar-refractivity contribution in [2.24, 2.45) is 10.2 Å². The number of anilines is 1. The van der Waals surface area contributed by atoms with Crippen LogP contribution < -0.4 is 5.32 Å². The van der Waals surface area contributed by atoms with Crippen molar-refractivity contribution in [2.45, 2.75) is 4.90 Å². The lowest BCUT2D eigenvalue weighted by molar-refractivity contribution is 0.459. The van der Waals surface area contributed by atoms with Gasteiger partial charge in [-0.05, 0) is 36.5 Å². The molecule has 0 fully saturated rings. The first kappa shape index (κ1) is 19.0. The third kappa shape index (κ3) is 3.97. The maximum absolute atomic E-state index is 12.2. The number of azo groups is 1. The van der Waals surface area contributed by atoms with Gasteiger partial charge in [0.25, 0.3) is 0 Å². The van der Waals surface area contributed by atoms with Crippen LogP contribution in [0.25, 0.3) is 10.9 Å². The third-order valence-electron chi connectivity index (χ3n) is 3.76. The molecule has 3 N–H and O–H groups in total. The highest BCUT2D eigenvalue weighted by atomic mass is 32.2. The summed E-state index contributed by atoms with van der Waals surface area (Å²) in [4.78, 5) is 2.93. The molecule has 0 bridgehead atoms. The van der Waals surface area contributed by atoms with E-state index in [1.165, 1.54) is 26.2 Å². The second-order valence-electron chi connectivity index (χ2n) is 5.81. The minimum Gasteiger partial charge on any atom is -0.493 e. The van der Waals surface area contributed by atoms with E-state index in [0.717, 1.165) is 9.82 Å². The molecule has 0 atom stereocenters. The fourth-order valence-corrected chi connectivity index (χ4v) is 3.51. The van der Waals surface area contributed by atoms with Gasteiger partial charge >= 0.3 is 0 Å². The highest BCUT2D eigenvalue weighted by Crippen LogP contribution is 2.35. The van der Waals surface area contributed by atoms with Crippen molar-refractivity contribution in [3.63, 3.8) is 0 Å². The molecule has 1 heterocycles. The summed E-state index contributed by atoms with van der Waals surface area (Å²) in [6.07, 6.45) is 0. The first-order chi connectivity index (χ1) is 12.8. The molecule has 0 amide bonds. The van der Waals surface area contributed by atoms with Gasteiger partial charge in [0.2, 0.25) is 21.0 Å². The van der Waals surface area contributed by atoms with Crippen LogP contribution in [0.1, 0.15) is 0 Å². The minimum absolute atomic E-state index is 0.0269. The normalized spacial score (nSPS) is 12.1. The summed E-state index contributed by atoms with van der Waals surface area (Å²) in [5, 5.41) is 21.4. The summed E-state index contributed by atoms with van der Waals surface area (Å²) in [5.41, 5.74) is 1.47. The predicted octanol–water partition coefficient (Wildman–Crippen LogP) is 3.60. The van der Waals surface area contributed by atoms with Gasteiger partial charge in [-0.15, -0.1) is 10.2 Å². The zero-order valence-electron chi connectivity index (χ0n) is 14.5. The molecule has 27 heavy (non-hydrogen) atoms. The van der Waals surface area contributed by atoms with Gasteiger partial charge in [-0.25, -0.2) is 12.7 Å². The van der Waals surface area contributed by atoms with Crippen molar-refractivity contribution < 1.29 is 13.5 Å². The second-order valence-corrected chi connectivity index (χ2v) is 8.35. The first-order valence-corrected chi connectivity index (χ1v) is 9.69. The zero-order chi connectivity index (χ0) is 19.6. The van der Waals surface area contributed by atoms with Crippen LogP contribution in [0, 0.1) is 0 Å². The third-order valence-corrected chi connectivity index (χ3v) is 5.76. The van der Waals surface area contributed by atoms with E-state index in [-0.39, 0.29) is 21.6 Å². The first-order valence-electron chi connectivity index (χ1n) is 7.84. The van der Waals surface area contributed by atoms with Crippen LogP contribution in [0.2, 0.25) is 0 Å². The van der Waals surface area contributed by atoms with Crippen molar-refractivity contribution in [1.29, 1.82) is 0 Å². The van der Waals surface area contributed by atoms with Crippen LogP contribution >= 0.6 is 12.2 Å². The van der Waals surface area contributed by atoms with E-state index in [9.17, 15) is 13.5 Å². The van der Waals surface area contributed by atoms with E-state index in [1.807, 2.05) is 12.1 Å². The number of H-pyrrole nitrogens is 1. The molecule has 2 aromatic carbocycles. The fourth-order valence-electron chi connectivity index (χ4n) is 2.40. The smallest absolute Gasteiger partial charge is 0.242 e. The summed E-state index contributed by atoms with van der Waals surface area (Å²) in [5.74, 6) is -0.109. The molecule has 140 valence electrons. The summed E-state index contributed by atoms with van der Waals surface area (Å²) in [7, 11) is -0.634. The highest BCUT2D eigenvalue weighted by Gasteiger charge is 2.17. The van der Waals surface area contributed by atoms with E-state index >= 15 is 0 Å². The molecule has 3 aromatic rings. The van der Waals surface area contributed by atoms with Crippen molar-refractivity contribution >= 4 is 49.6 Å². The van der Waals surface area contributed by atoms with Gasteiger partial charge in [0.1, 0.15) is 0 Å². The summed E-state index contributed by atoms with van der Waals surface area (Å²) < 4.78 is 25.5. The number of aromatic nitrogens is 1. The Kier molecular flexibility index (Phi) is 5.22. The molecule has 0 aliphatic heterocycles. The fraction of sp³-hybridized carbons (Fsp3) is 0.118. The Hall–Kier alpha value is -2.82. The Morgan fingerprint density at radius 3 is 2.67 bits per heavy atom. The molecular formula is C17H17N5O3S2. The Morgan fingerprint density at radius 1 is 1.19 bits per heavy atom. The van der Waals surface area contributed by atoms with E-state index in [2.05, 4.69) is 20.5 Å². The SMILES string of the molecule is CN(C)S(=O)(=O)c1cccc(NC(=S)N=Nc2c(O)[nH]c3ccccc23)c1. The second kappa shape index (κ2) is 7.43. The number of para-hydroxylation sites is 1. The topological polar surface area (TPSA) is 110 Å². The number of aromatic hydroxyl groups is 1. The van der Waals surface area contributed by atoms with Crippen molar-refractivity contribution in [3.8, 4) is 5.88 Å². The number of nitrogens with one attached hydrogen (secondary N) is 2. The van der Waals surface area contributed by atoms with Crippen LogP contribution in [0.3, 0.4) is 0 Å². The van der Waals surface area contributed by atoms with Crippen molar-refractivity contribution in [1.82, 2.24) is 9.29 Å². The number of rotatable bonds is 4. The molecule has 3 rings (SSSR count).